The van der Waals surface area contributed by atoms with E-state index >= 15 is 0 Å². The average molecular weight is 551 g/mol. The molecule has 0 aliphatic heterocycles. The molecule has 0 spiro atoms. The molecule has 0 atom stereocenters. The van der Waals surface area contributed by atoms with Crippen LogP contribution >= 0.6 is 23.4 Å². The number of amides is 1. The van der Waals surface area contributed by atoms with Crippen LogP contribution in [0.4, 0.5) is 11.4 Å². The van der Waals surface area contributed by atoms with Crippen LogP contribution in [0.2, 0.25) is 5.02 Å². The Morgan fingerprint density at radius 2 is 1.79 bits per heavy atom. The molecule has 0 saturated heterocycles. The number of aryl methyl sites for hydroxylation is 2. The Morgan fingerprint density at radius 3 is 2.47 bits per heavy atom. The molecule has 1 N–H and O–H groups in total. The number of nitro benzene ring substituents is 1. The molecule has 0 unspecified atom stereocenters. The van der Waals surface area contributed by atoms with E-state index < -0.39 is 10.8 Å². The number of carbonyl (C=O) groups excluding carboxylic acids is 1. The van der Waals surface area contributed by atoms with Crippen molar-refractivity contribution in [2.24, 2.45) is 0 Å². The van der Waals surface area contributed by atoms with Gasteiger partial charge >= 0.3 is 0 Å². The monoisotopic (exact) mass is 550 g/mol. The fraction of sp³-hybridized carbons (Fsp3) is 0.207. The van der Waals surface area contributed by atoms with E-state index in [2.05, 4.69) is 19.2 Å². The molecule has 0 saturated carbocycles. The van der Waals surface area contributed by atoms with Crippen LogP contribution in [0.15, 0.2) is 80.9 Å². The number of hydrogen-bond acceptors (Lipinski definition) is 6. The van der Waals surface area contributed by atoms with E-state index in [1.165, 1.54) is 23.9 Å². The zero-order chi connectivity index (χ0) is 27.4. The Balaban J connectivity index is 1.47. The second-order valence-corrected chi connectivity index (χ2v) is 10.7. The number of nitro groups is 1. The minimum Gasteiger partial charge on any atom is -0.485 e. The lowest BCUT2D eigenvalue weighted by molar-refractivity contribution is -0.385. The SMILES string of the molecule is Cc1ccc(Sc2cc(NC(=O)c3ccc(COc4cc(C)c(Cl)cc4C(C)C)o3)cc([N+](=O)[O-])c2)cc1. The Morgan fingerprint density at radius 1 is 1.05 bits per heavy atom. The van der Waals surface area contributed by atoms with Crippen LogP contribution in [0, 0.1) is 24.0 Å². The number of furan rings is 1. The van der Waals surface area contributed by atoms with Gasteiger partial charge < -0.3 is 14.5 Å². The molecule has 196 valence electrons. The summed E-state index contributed by atoms with van der Waals surface area (Å²) in [7, 11) is 0. The first kappa shape index (κ1) is 27.3. The molecule has 4 aromatic rings. The third-order valence-corrected chi connectivity index (χ3v) is 7.17. The second-order valence-electron chi connectivity index (χ2n) is 9.19. The predicted octanol–water partition coefficient (Wildman–Crippen LogP) is 8.56. The number of rotatable bonds is 9. The highest BCUT2D eigenvalue weighted by atomic mass is 35.5. The van der Waals surface area contributed by atoms with E-state index in [1.807, 2.05) is 50.2 Å². The van der Waals surface area contributed by atoms with E-state index in [-0.39, 0.29) is 24.0 Å². The molecule has 3 aromatic carbocycles. The van der Waals surface area contributed by atoms with Crippen LogP contribution in [0.5, 0.6) is 5.75 Å². The highest BCUT2D eigenvalue weighted by Gasteiger charge is 2.17. The minimum absolute atomic E-state index is 0.0687. The molecule has 0 radical (unpaired) electrons. The van der Waals surface area contributed by atoms with E-state index in [0.29, 0.717) is 27.1 Å². The van der Waals surface area contributed by atoms with Gasteiger partial charge in [0.25, 0.3) is 11.6 Å². The van der Waals surface area contributed by atoms with Gasteiger partial charge in [-0.3, -0.25) is 14.9 Å². The summed E-state index contributed by atoms with van der Waals surface area (Å²) >= 11 is 7.65. The third-order valence-electron chi connectivity index (χ3n) is 5.79. The maximum Gasteiger partial charge on any atom is 0.291 e. The molecule has 38 heavy (non-hydrogen) atoms. The molecule has 1 heterocycles. The molecule has 0 aliphatic rings. The lowest BCUT2D eigenvalue weighted by atomic mass is 10.0. The van der Waals surface area contributed by atoms with E-state index in [1.54, 1.807) is 18.2 Å². The van der Waals surface area contributed by atoms with Gasteiger partial charge in [-0.25, -0.2) is 0 Å². The highest BCUT2D eigenvalue weighted by molar-refractivity contribution is 7.99. The lowest BCUT2D eigenvalue weighted by Crippen LogP contribution is -2.11. The number of non-ortho nitro benzene ring substituents is 1. The maximum absolute atomic E-state index is 12.9. The summed E-state index contributed by atoms with van der Waals surface area (Å²) in [6, 6.07) is 19.3. The van der Waals surface area contributed by atoms with Crippen molar-refractivity contribution in [2.45, 2.75) is 50.0 Å². The standard InChI is InChI=1S/C29H27ClN2O5S/c1-17(2)25-15-26(30)19(4)11-28(25)36-16-22-7-10-27(37-22)29(33)31-20-12-21(32(34)35)14-24(13-20)38-23-8-5-18(3)6-9-23/h5-15,17H,16H2,1-4H3,(H,31,33). The van der Waals surface area contributed by atoms with Gasteiger partial charge in [-0.2, -0.15) is 0 Å². The number of nitrogens with zero attached hydrogens (tertiary/aromatic N) is 1. The van der Waals surface area contributed by atoms with Gasteiger partial charge in [-0.05, 0) is 73.4 Å². The smallest absolute Gasteiger partial charge is 0.291 e. The number of benzene rings is 3. The zero-order valence-electron chi connectivity index (χ0n) is 21.4. The lowest BCUT2D eigenvalue weighted by Gasteiger charge is -2.15. The Hall–Kier alpha value is -3.75. The predicted molar refractivity (Wildman–Crippen MR) is 150 cm³/mol. The van der Waals surface area contributed by atoms with E-state index in [9.17, 15) is 14.9 Å². The summed E-state index contributed by atoms with van der Waals surface area (Å²) in [5, 5.41) is 14.9. The Bertz CT molecular complexity index is 1480. The van der Waals surface area contributed by atoms with Gasteiger partial charge in [0.1, 0.15) is 18.1 Å². The van der Waals surface area contributed by atoms with Crippen LogP contribution in [0.3, 0.4) is 0 Å². The van der Waals surface area contributed by atoms with Crippen LogP contribution in [-0.2, 0) is 6.61 Å². The molecule has 0 fully saturated rings. The summed E-state index contributed by atoms with van der Waals surface area (Å²) < 4.78 is 11.7. The Labute approximate surface area is 230 Å². The van der Waals surface area contributed by atoms with Gasteiger partial charge in [0.15, 0.2) is 5.76 Å². The highest BCUT2D eigenvalue weighted by Crippen LogP contribution is 2.34. The van der Waals surface area contributed by atoms with Crippen molar-refractivity contribution in [3.8, 4) is 5.75 Å². The number of nitrogens with one attached hydrogen (secondary N) is 1. The quantitative estimate of drug-likeness (QED) is 0.166. The van der Waals surface area contributed by atoms with E-state index in [4.69, 9.17) is 20.8 Å². The van der Waals surface area contributed by atoms with Gasteiger partial charge in [-0.1, -0.05) is 54.9 Å². The molecular weight excluding hydrogens is 524 g/mol. The van der Waals surface area contributed by atoms with Crippen molar-refractivity contribution >= 4 is 40.6 Å². The average Bonchev–Trinajstić information content (AvgIpc) is 3.35. The fourth-order valence-corrected chi connectivity index (χ4v) is 4.81. The largest absolute Gasteiger partial charge is 0.485 e. The summed E-state index contributed by atoms with van der Waals surface area (Å²) in [4.78, 5) is 25.5. The first-order valence-corrected chi connectivity index (χ1v) is 13.2. The topological polar surface area (TPSA) is 94.6 Å². The number of carbonyl (C=O) groups is 1. The molecule has 0 aliphatic carbocycles. The fourth-order valence-electron chi connectivity index (χ4n) is 3.73. The maximum atomic E-state index is 12.9. The Kier molecular flexibility index (Phi) is 8.44. The molecule has 4 rings (SSSR count). The van der Waals surface area contributed by atoms with Crippen molar-refractivity contribution < 1.29 is 18.9 Å². The molecule has 1 amide bonds. The van der Waals surface area contributed by atoms with Gasteiger partial charge in [0.05, 0.1) is 4.92 Å². The summed E-state index contributed by atoms with van der Waals surface area (Å²) in [5.74, 6) is 0.934. The summed E-state index contributed by atoms with van der Waals surface area (Å²) in [6.07, 6.45) is 0. The normalized spacial score (nSPS) is 11.0. The van der Waals surface area contributed by atoms with Gasteiger partial charge in [0.2, 0.25) is 0 Å². The van der Waals surface area contributed by atoms with Gasteiger partial charge in [-0.15, -0.1) is 0 Å². The zero-order valence-corrected chi connectivity index (χ0v) is 23.0. The van der Waals surface area contributed by atoms with Crippen molar-refractivity contribution in [2.75, 3.05) is 5.32 Å². The van der Waals surface area contributed by atoms with Crippen LogP contribution in [-0.4, -0.2) is 10.8 Å². The van der Waals surface area contributed by atoms with Gasteiger partial charge in [0, 0.05) is 32.6 Å². The number of hydrogen-bond donors (Lipinski definition) is 1. The minimum atomic E-state index is -0.520. The van der Waals surface area contributed by atoms with Crippen molar-refractivity contribution in [1.82, 2.24) is 0 Å². The molecule has 7 nitrogen and oxygen atoms in total. The van der Waals surface area contributed by atoms with E-state index in [0.717, 1.165) is 21.6 Å². The van der Waals surface area contributed by atoms with Crippen molar-refractivity contribution in [1.29, 1.82) is 0 Å². The molecule has 1 aromatic heterocycles. The molecule has 0 bridgehead atoms. The first-order valence-electron chi connectivity index (χ1n) is 12.0. The molecule has 9 heteroatoms. The number of anilines is 1. The third kappa shape index (κ3) is 6.76. The number of halogens is 1. The van der Waals surface area contributed by atoms with Crippen molar-refractivity contribution in [3.05, 3.63) is 110 Å². The number of ether oxygens (including phenoxy) is 1. The second kappa shape index (κ2) is 11.8. The van der Waals surface area contributed by atoms with Crippen LogP contribution in [0.25, 0.3) is 0 Å². The molecular formula is C29H27ClN2O5S. The van der Waals surface area contributed by atoms with Crippen LogP contribution in [0.1, 0.15) is 52.8 Å². The first-order chi connectivity index (χ1) is 18.1. The summed E-state index contributed by atoms with van der Waals surface area (Å²) in [6.45, 7) is 8.14. The summed E-state index contributed by atoms with van der Waals surface area (Å²) in [5.41, 5.74) is 3.18. The van der Waals surface area contributed by atoms with Crippen LogP contribution < -0.4 is 10.1 Å². The van der Waals surface area contributed by atoms with Crippen molar-refractivity contribution in [3.63, 3.8) is 0 Å².